The number of aromatic nitrogens is 2. The second kappa shape index (κ2) is 5.47. The zero-order chi connectivity index (χ0) is 14.8. The first-order chi connectivity index (χ1) is 10.2. The Kier molecular flexibility index (Phi) is 3.51. The Balaban J connectivity index is 1.84. The topological polar surface area (TPSA) is 70.2 Å². The van der Waals surface area contributed by atoms with Crippen molar-refractivity contribution in [3.05, 3.63) is 35.5 Å². The summed E-state index contributed by atoms with van der Waals surface area (Å²) in [5, 5.41) is 10.7. The molecule has 0 unspecified atom stereocenters. The van der Waals surface area contributed by atoms with Crippen LogP contribution in [0.15, 0.2) is 24.3 Å². The number of aromatic amines is 1. The number of amides is 1. The largest absolute Gasteiger partial charge is 0.497 e. The number of rotatable bonds is 3. The lowest BCUT2D eigenvalue weighted by Crippen LogP contribution is -2.34. The summed E-state index contributed by atoms with van der Waals surface area (Å²) < 4.78 is 5.21. The molecule has 0 bridgehead atoms. The molecule has 0 aliphatic carbocycles. The highest BCUT2D eigenvalue weighted by atomic mass is 16.5. The van der Waals surface area contributed by atoms with Crippen molar-refractivity contribution in [2.24, 2.45) is 0 Å². The van der Waals surface area contributed by atoms with Gasteiger partial charge in [0, 0.05) is 42.9 Å². The molecule has 1 amide bonds. The third-order valence-corrected chi connectivity index (χ3v) is 3.71. The van der Waals surface area contributed by atoms with Crippen molar-refractivity contribution in [1.29, 1.82) is 0 Å². The molecule has 2 aromatic rings. The Bertz CT molecular complexity index is 665. The van der Waals surface area contributed by atoms with Gasteiger partial charge in [-0.1, -0.05) is 6.07 Å². The van der Waals surface area contributed by atoms with Gasteiger partial charge < -0.3 is 15.0 Å². The van der Waals surface area contributed by atoms with E-state index in [1.165, 1.54) is 0 Å². The van der Waals surface area contributed by atoms with Gasteiger partial charge in [0.1, 0.15) is 5.75 Å². The van der Waals surface area contributed by atoms with E-state index in [-0.39, 0.29) is 5.91 Å². The SMILES string of the molecule is COc1cccc(Nc2n[nH]c3c2CN(C(C)=O)CC3)c1. The molecule has 1 aliphatic rings. The summed E-state index contributed by atoms with van der Waals surface area (Å²) >= 11 is 0. The molecule has 0 saturated carbocycles. The maximum Gasteiger partial charge on any atom is 0.219 e. The molecular weight excluding hydrogens is 268 g/mol. The number of carbonyl (C=O) groups excluding carboxylic acids is 1. The summed E-state index contributed by atoms with van der Waals surface area (Å²) in [7, 11) is 1.64. The second-order valence-corrected chi connectivity index (χ2v) is 5.08. The lowest BCUT2D eigenvalue weighted by molar-refractivity contribution is -0.129. The summed E-state index contributed by atoms with van der Waals surface area (Å²) in [5.41, 5.74) is 3.06. The fraction of sp³-hybridized carbons (Fsp3) is 0.333. The van der Waals surface area contributed by atoms with Gasteiger partial charge in [0.15, 0.2) is 5.82 Å². The number of fused-ring (bicyclic) bond motifs is 1. The molecule has 0 radical (unpaired) electrons. The Morgan fingerprint density at radius 3 is 3.10 bits per heavy atom. The van der Waals surface area contributed by atoms with Crippen LogP contribution in [-0.2, 0) is 17.8 Å². The van der Waals surface area contributed by atoms with Gasteiger partial charge in [-0.25, -0.2) is 0 Å². The Hall–Kier alpha value is -2.50. The van der Waals surface area contributed by atoms with E-state index in [2.05, 4.69) is 15.5 Å². The molecule has 1 aliphatic heterocycles. The molecule has 2 heterocycles. The van der Waals surface area contributed by atoms with E-state index < -0.39 is 0 Å². The molecule has 21 heavy (non-hydrogen) atoms. The number of anilines is 2. The van der Waals surface area contributed by atoms with E-state index in [9.17, 15) is 4.79 Å². The van der Waals surface area contributed by atoms with Gasteiger partial charge in [-0.3, -0.25) is 9.89 Å². The van der Waals surface area contributed by atoms with Crippen LogP contribution in [0.4, 0.5) is 11.5 Å². The highest BCUT2D eigenvalue weighted by Crippen LogP contribution is 2.27. The van der Waals surface area contributed by atoms with E-state index in [0.29, 0.717) is 6.54 Å². The lowest BCUT2D eigenvalue weighted by atomic mass is 10.1. The molecule has 0 spiro atoms. The number of ether oxygens (including phenoxy) is 1. The highest BCUT2D eigenvalue weighted by Gasteiger charge is 2.23. The first-order valence-electron chi connectivity index (χ1n) is 6.90. The minimum absolute atomic E-state index is 0.0918. The Labute approximate surface area is 123 Å². The van der Waals surface area contributed by atoms with Gasteiger partial charge in [-0.15, -0.1) is 0 Å². The molecule has 6 heteroatoms. The van der Waals surface area contributed by atoms with Crippen LogP contribution in [0.25, 0.3) is 0 Å². The van der Waals surface area contributed by atoms with E-state index in [4.69, 9.17) is 4.74 Å². The average Bonchev–Trinajstić information content (AvgIpc) is 2.90. The number of nitrogens with zero attached hydrogens (tertiary/aromatic N) is 2. The lowest BCUT2D eigenvalue weighted by Gasteiger charge is -2.25. The number of H-pyrrole nitrogens is 1. The third-order valence-electron chi connectivity index (χ3n) is 3.71. The molecule has 6 nitrogen and oxygen atoms in total. The fourth-order valence-electron chi connectivity index (χ4n) is 2.50. The minimum Gasteiger partial charge on any atom is -0.497 e. The van der Waals surface area contributed by atoms with Crippen molar-refractivity contribution in [2.75, 3.05) is 19.0 Å². The van der Waals surface area contributed by atoms with Crippen LogP contribution in [0.3, 0.4) is 0 Å². The first kappa shape index (κ1) is 13.5. The number of hydrogen-bond acceptors (Lipinski definition) is 4. The van der Waals surface area contributed by atoms with Crippen molar-refractivity contribution in [3.63, 3.8) is 0 Å². The van der Waals surface area contributed by atoms with Crippen LogP contribution < -0.4 is 10.1 Å². The van der Waals surface area contributed by atoms with Crippen molar-refractivity contribution in [1.82, 2.24) is 15.1 Å². The van der Waals surface area contributed by atoms with Crippen LogP contribution in [0.1, 0.15) is 18.2 Å². The summed E-state index contributed by atoms with van der Waals surface area (Å²) in [5.74, 6) is 1.65. The summed E-state index contributed by atoms with van der Waals surface area (Å²) in [4.78, 5) is 13.4. The summed E-state index contributed by atoms with van der Waals surface area (Å²) in [6.07, 6.45) is 0.807. The maximum atomic E-state index is 11.5. The molecule has 3 rings (SSSR count). The molecular formula is C15H18N4O2. The summed E-state index contributed by atoms with van der Waals surface area (Å²) in [6, 6.07) is 7.67. The van der Waals surface area contributed by atoms with Crippen LogP contribution in [0, 0.1) is 0 Å². The van der Waals surface area contributed by atoms with Crippen LogP contribution in [0.2, 0.25) is 0 Å². The molecule has 0 fully saturated rings. The number of benzene rings is 1. The average molecular weight is 286 g/mol. The number of nitrogens with one attached hydrogen (secondary N) is 2. The van der Waals surface area contributed by atoms with E-state index in [1.54, 1.807) is 14.0 Å². The Morgan fingerprint density at radius 1 is 1.48 bits per heavy atom. The van der Waals surface area contributed by atoms with Gasteiger partial charge in [-0.2, -0.15) is 5.10 Å². The monoisotopic (exact) mass is 286 g/mol. The predicted molar refractivity (Wildman–Crippen MR) is 79.7 cm³/mol. The third kappa shape index (κ3) is 2.69. The second-order valence-electron chi connectivity index (χ2n) is 5.08. The highest BCUT2D eigenvalue weighted by molar-refractivity contribution is 5.74. The maximum absolute atomic E-state index is 11.5. The van der Waals surface area contributed by atoms with Gasteiger partial charge in [0.2, 0.25) is 5.91 Å². The first-order valence-corrected chi connectivity index (χ1v) is 6.90. The molecule has 0 saturated heterocycles. The van der Waals surface area contributed by atoms with Gasteiger partial charge in [0.05, 0.1) is 13.7 Å². The molecule has 110 valence electrons. The van der Waals surface area contributed by atoms with Gasteiger partial charge >= 0.3 is 0 Å². The predicted octanol–water partition coefficient (Wildman–Crippen LogP) is 2.07. The van der Waals surface area contributed by atoms with Gasteiger partial charge in [-0.05, 0) is 12.1 Å². The van der Waals surface area contributed by atoms with E-state index in [1.807, 2.05) is 29.2 Å². The molecule has 1 aromatic carbocycles. The van der Waals surface area contributed by atoms with Crippen molar-refractivity contribution >= 4 is 17.4 Å². The zero-order valence-electron chi connectivity index (χ0n) is 12.1. The number of hydrogen-bond donors (Lipinski definition) is 2. The minimum atomic E-state index is 0.0918. The van der Waals surface area contributed by atoms with Crippen LogP contribution in [-0.4, -0.2) is 34.7 Å². The molecule has 1 aromatic heterocycles. The van der Waals surface area contributed by atoms with E-state index >= 15 is 0 Å². The standard InChI is InChI=1S/C15H18N4O2/c1-10(20)19-7-6-14-13(9-19)15(18-17-14)16-11-4-3-5-12(8-11)21-2/h3-5,8H,6-7,9H2,1-2H3,(H2,16,17,18). The Morgan fingerprint density at radius 2 is 2.33 bits per heavy atom. The zero-order valence-corrected chi connectivity index (χ0v) is 12.1. The number of carbonyl (C=O) groups is 1. The number of methoxy groups -OCH3 is 1. The molecule has 0 atom stereocenters. The van der Waals surface area contributed by atoms with Gasteiger partial charge in [0.25, 0.3) is 0 Å². The molecule has 2 N–H and O–H groups in total. The summed E-state index contributed by atoms with van der Waals surface area (Å²) in [6.45, 7) is 2.93. The van der Waals surface area contributed by atoms with Crippen molar-refractivity contribution in [2.45, 2.75) is 19.9 Å². The van der Waals surface area contributed by atoms with Crippen LogP contribution in [0.5, 0.6) is 5.75 Å². The fourth-order valence-corrected chi connectivity index (χ4v) is 2.50. The van der Waals surface area contributed by atoms with E-state index in [0.717, 1.165) is 41.5 Å². The smallest absolute Gasteiger partial charge is 0.219 e. The normalized spacial score (nSPS) is 13.7. The van der Waals surface area contributed by atoms with Crippen molar-refractivity contribution in [3.8, 4) is 5.75 Å². The van der Waals surface area contributed by atoms with Crippen molar-refractivity contribution < 1.29 is 9.53 Å². The van der Waals surface area contributed by atoms with Crippen LogP contribution >= 0.6 is 0 Å². The quantitative estimate of drug-likeness (QED) is 0.906.